The van der Waals surface area contributed by atoms with E-state index in [-0.39, 0.29) is 11.5 Å². The predicted molar refractivity (Wildman–Crippen MR) is 70.7 cm³/mol. The summed E-state index contributed by atoms with van der Waals surface area (Å²) in [7, 11) is 0. The molecule has 2 aliphatic rings. The van der Waals surface area contributed by atoms with E-state index in [1.165, 1.54) is 12.1 Å². The van der Waals surface area contributed by atoms with Crippen LogP contribution in [0.3, 0.4) is 0 Å². The summed E-state index contributed by atoms with van der Waals surface area (Å²) in [6, 6.07) is 6.09. The summed E-state index contributed by atoms with van der Waals surface area (Å²) in [5.41, 5.74) is 0.218. The molecule has 1 saturated carbocycles. The van der Waals surface area contributed by atoms with Crippen LogP contribution in [0.1, 0.15) is 24.8 Å². The third-order valence-corrected chi connectivity index (χ3v) is 4.72. The topological polar surface area (TPSA) is 64.3 Å². The van der Waals surface area contributed by atoms with Gasteiger partial charge in [0.15, 0.2) is 0 Å². The maximum atomic E-state index is 13.2. The Bertz CT molecular complexity index is 610. The Morgan fingerprint density at radius 2 is 2.35 bits per heavy atom. The van der Waals surface area contributed by atoms with Crippen molar-refractivity contribution in [2.45, 2.75) is 19.3 Å². The molecule has 1 N–H and O–H groups in total. The monoisotopic (exact) mass is 274 g/mol. The minimum atomic E-state index is -0.747. The van der Waals surface area contributed by atoms with Crippen LogP contribution in [0, 0.1) is 28.5 Å². The molecule has 104 valence electrons. The lowest BCUT2D eigenvalue weighted by Crippen LogP contribution is -2.35. The first-order chi connectivity index (χ1) is 9.56. The van der Waals surface area contributed by atoms with Crippen molar-refractivity contribution in [3.63, 3.8) is 0 Å². The lowest BCUT2D eigenvalue weighted by Gasteiger charge is -2.24. The van der Waals surface area contributed by atoms with E-state index in [4.69, 9.17) is 5.26 Å². The van der Waals surface area contributed by atoms with Crippen LogP contribution in [0.15, 0.2) is 18.2 Å². The first-order valence-corrected chi connectivity index (χ1v) is 6.75. The number of hydrogen-bond acceptors (Lipinski definition) is 3. The number of carbonyl (C=O) groups is 1. The van der Waals surface area contributed by atoms with Crippen molar-refractivity contribution in [2.24, 2.45) is 11.3 Å². The van der Waals surface area contributed by atoms with Gasteiger partial charge in [0.1, 0.15) is 11.9 Å². The molecule has 1 aromatic carbocycles. The number of carboxylic acids is 1. The largest absolute Gasteiger partial charge is 0.481 e. The number of rotatable bonds is 2. The fourth-order valence-electron chi connectivity index (χ4n) is 3.70. The highest BCUT2D eigenvalue weighted by molar-refractivity contribution is 5.78. The van der Waals surface area contributed by atoms with Crippen LogP contribution in [0.5, 0.6) is 0 Å². The maximum absolute atomic E-state index is 13.2. The second-order valence-corrected chi connectivity index (χ2v) is 5.70. The normalized spacial score (nSPS) is 28.2. The number of carboxylic acid groups (broad SMARTS) is 1. The quantitative estimate of drug-likeness (QED) is 0.899. The summed E-state index contributed by atoms with van der Waals surface area (Å²) in [5.74, 6) is -1.07. The van der Waals surface area contributed by atoms with Gasteiger partial charge < -0.3 is 10.0 Å². The third kappa shape index (κ3) is 1.75. The molecular weight excluding hydrogens is 259 g/mol. The van der Waals surface area contributed by atoms with Crippen LogP contribution >= 0.6 is 0 Å². The molecule has 1 aliphatic carbocycles. The SMILES string of the molecule is N#Cc1cc(F)ccc1N1C[C@@H]2CCC[C@@]2(C(=O)O)C1. The molecule has 0 amide bonds. The minimum Gasteiger partial charge on any atom is -0.481 e. The third-order valence-electron chi connectivity index (χ3n) is 4.72. The fourth-order valence-corrected chi connectivity index (χ4v) is 3.70. The number of benzene rings is 1. The molecule has 3 rings (SSSR count). The molecule has 5 heteroatoms. The van der Waals surface area contributed by atoms with Gasteiger partial charge in [-0.15, -0.1) is 0 Å². The Balaban J connectivity index is 1.95. The van der Waals surface area contributed by atoms with Crippen LogP contribution < -0.4 is 4.90 Å². The van der Waals surface area contributed by atoms with Crippen molar-refractivity contribution in [1.82, 2.24) is 0 Å². The highest BCUT2D eigenvalue weighted by atomic mass is 19.1. The highest BCUT2D eigenvalue weighted by Gasteiger charge is 2.55. The molecule has 20 heavy (non-hydrogen) atoms. The van der Waals surface area contributed by atoms with E-state index in [0.717, 1.165) is 12.8 Å². The Labute approximate surface area is 116 Å². The Hall–Kier alpha value is -2.09. The molecule has 0 unspecified atom stereocenters. The van der Waals surface area contributed by atoms with E-state index in [9.17, 15) is 14.3 Å². The lowest BCUT2D eigenvalue weighted by atomic mass is 9.81. The van der Waals surface area contributed by atoms with Gasteiger partial charge >= 0.3 is 5.97 Å². The summed E-state index contributed by atoms with van der Waals surface area (Å²) < 4.78 is 13.2. The standard InChI is InChI=1S/C15H15FN2O2/c16-12-3-4-13(10(6-12)7-17)18-8-11-2-1-5-15(11,9-18)14(19)20/h3-4,6,11H,1-2,5,8-9H2,(H,19,20)/t11-,15+/m0/s1. The Morgan fingerprint density at radius 3 is 3.00 bits per heavy atom. The number of fused-ring (bicyclic) bond motifs is 1. The van der Waals surface area contributed by atoms with Crippen LogP contribution in [-0.2, 0) is 4.79 Å². The summed E-state index contributed by atoms with van der Waals surface area (Å²) in [4.78, 5) is 13.6. The van der Waals surface area contributed by atoms with Crippen molar-refractivity contribution in [3.05, 3.63) is 29.6 Å². The molecule has 2 fully saturated rings. The molecule has 0 aromatic heterocycles. The zero-order valence-electron chi connectivity index (χ0n) is 11.0. The van der Waals surface area contributed by atoms with Gasteiger partial charge in [0.2, 0.25) is 0 Å². The molecule has 4 nitrogen and oxygen atoms in total. The van der Waals surface area contributed by atoms with Crippen molar-refractivity contribution in [1.29, 1.82) is 5.26 Å². The summed E-state index contributed by atoms with van der Waals surface area (Å²) in [6.07, 6.45) is 2.54. The Kier molecular flexibility index (Phi) is 2.89. The smallest absolute Gasteiger partial charge is 0.311 e. The van der Waals surface area contributed by atoms with Gasteiger partial charge in [-0.25, -0.2) is 4.39 Å². The highest BCUT2D eigenvalue weighted by Crippen LogP contribution is 2.50. The predicted octanol–water partition coefficient (Wildman–Crippen LogP) is 2.39. The number of nitrogens with zero attached hydrogens (tertiary/aromatic N) is 2. The number of anilines is 1. The van der Waals surface area contributed by atoms with E-state index < -0.39 is 17.2 Å². The van der Waals surface area contributed by atoms with E-state index >= 15 is 0 Å². The molecule has 0 spiro atoms. The molecule has 2 atom stereocenters. The van der Waals surface area contributed by atoms with Gasteiger partial charge in [0.05, 0.1) is 16.7 Å². The number of aliphatic carboxylic acids is 1. The molecule has 1 heterocycles. The summed E-state index contributed by atoms with van der Waals surface area (Å²) >= 11 is 0. The summed E-state index contributed by atoms with van der Waals surface area (Å²) in [5, 5.41) is 18.7. The molecule has 1 aromatic rings. The average molecular weight is 274 g/mol. The van der Waals surface area contributed by atoms with Crippen molar-refractivity contribution in [2.75, 3.05) is 18.0 Å². The van der Waals surface area contributed by atoms with E-state index in [2.05, 4.69) is 0 Å². The van der Waals surface area contributed by atoms with Crippen LogP contribution in [0.2, 0.25) is 0 Å². The average Bonchev–Trinajstić information content (AvgIpc) is 2.96. The van der Waals surface area contributed by atoms with Crippen LogP contribution in [0.25, 0.3) is 0 Å². The van der Waals surface area contributed by atoms with Gasteiger partial charge in [0.25, 0.3) is 0 Å². The maximum Gasteiger partial charge on any atom is 0.311 e. The zero-order chi connectivity index (χ0) is 14.3. The fraction of sp³-hybridized carbons (Fsp3) is 0.467. The molecule has 0 radical (unpaired) electrons. The first kappa shape index (κ1) is 12.9. The van der Waals surface area contributed by atoms with Gasteiger partial charge in [-0.3, -0.25) is 4.79 Å². The zero-order valence-corrected chi connectivity index (χ0v) is 11.0. The number of halogens is 1. The molecule has 0 bridgehead atoms. The molecular formula is C15H15FN2O2. The van der Waals surface area contributed by atoms with Gasteiger partial charge in [-0.1, -0.05) is 6.42 Å². The Morgan fingerprint density at radius 1 is 1.55 bits per heavy atom. The molecule has 1 aliphatic heterocycles. The van der Waals surface area contributed by atoms with Crippen molar-refractivity contribution >= 4 is 11.7 Å². The van der Waals surface area contributed by atoms with Crippen molar-refractivity contribution < 1.29 is 14.3 Å². The van der Waals surface area contributed by atoms with Gasteiger partial charge in [-0.05, 0) is 37.0 Å². The second-order valence-electron chi connectivity index (χ2n) is 5.70. The lowest BCUT2D eigenvalue weighted by molar-refractivity contribution is -0.149. The van der Waals surface area contributed by atoms with Crippen LogP contribution in [-0.4, -0.2) is 24.2 Å². The molecule has 1 saturated heterocycles. The van der Waals surface area contributed by atoms with E-state index in [1.54, 1.807) is 6.07 Å². The van der Waals surface area contributed by atoms with E-state index in [0.29, 0.717) is 25.2 Å². The van der Waals surface area contributed by atoms with Gasteiger partial charge in [0, 0.05) is 13.1 Å². The number of hydrogen-bond donors (Lipinski definition) is 1. The minimum absolute atomic E-state index is 0.122. The van der Waals surface area contributed by atoms with Crippen molar-refractivity contribution in [3.8, 4) is 6.07 Å². The van der Waals surface area contributed by atoms with Gasteiger partial charge in [-0.2, -0.15) is 5.26 Å². The van der Waals surface area contributed by atoms with Crippen LogP contribution in [0.4, 0.5) is 10.1 Å². The first-order valence-electron chi connectivity index (χ1n) is 6.75. The summed E-state index contributed by atoms with van der Waals surface area (Å²) in [6.45, 7) is 1.04. The second kappa shape index (κ2) is 4.48. The van der Waals surface area contributed by atoms with E-state index in [1.807, 2.05) is 11.0 Å². The number of nitriles is 1.